The van der Waals surface area contributed by atoms with Gasteiger partial charge in [0.2, 0.25) is 0 Å². The SMILES string of the molecule is CCCC(CN)C(=O)CCc1ccccc1. The van der Waals surface area contributed by atoms with Crippen LogP contribution >= 0.6 is 0 Å². The van der Waals surface area contributed by atoms with Crippen molar-refractivity contribution >= 4 is 5.78 Å². The van der Waals surface area contributed by atoms with Crippen LogP contribution in [0.25, 0.3) is 0 Å². The Labute approximate surface area is 97.9 Å². The largest absolute Gasteiger partial charge is 0.330 e. The third kappa shape index (κ3) is 4.15. The highest BCUT2D eigenvalue weighted by Crippen LogP contribution is 2.11. The third-order valence-corrected chi connectivity index (χ3v) is 2.88. The Balaban J connectivity index is 2.40. The molecule has 2 heteroatoms. The van der Waals surface area contributed by atoms with Gasteiger partial charge in [-0.25, -0.2) is 0 Å². The highest BCUT2D eigenvalue weighted by atomic mass is 16.1. The number of carbonyl (C=O) groups is 1. The molecule has 1 atom stereocenters. The summed E-state index contributed by atoms with van der Waals surface area (Å²) in [6.45, 7) is 2.58. The van der Waals surface area contributed by atoms with E-state index in [2.05, 4.69) is 19.1 Å². The van der Waals surface area contributed by atoms with Gasteiger partial charge in [0.1, 0.15) is 5.78 Å². The molecule has 0 radical (unpaired) electrons. The van der Waals surface area contributed by atoms with Gasteiger partial charge in [-0.15, -0.1) is 0 Å². The number of rotatable bonds is 7. The molecule has 0 saturated heterocycles. The predicted octanol–water partition coefficient (Wildman–Crippen LogP) is 2.56. The molecule has 2 N–H and O–H groups in total. The molecule has 1 rings (SSSR count). The van der Waals surface area contributed by atoms with Crippen LogP contribution in [0.15, 0.2) is 30.3 Å². The summed E-state index contributed by atoms with van der Waals surface area (Å²) in [6.07, 6.45) is 3.40. The summed E-state index contributed by atoms with van der Waals surface area (Å²) >= 11 is 0. The lowest BCUT2D eigenvalue weighted by Gasteiger charge is -2.12. The van der Waals surface area contributed by atoms with E-state index < -0.39 is 0 Å². The lowest BCUT2D eigenvalue weighted by molar-refractivity contribution is -0.122. The van der Waals surface area contributed by atoms with Crippen molar-refractivity contribution in [2.45, 2.75) is 32.6 Å². The van der Waals surface area contributed by atoms with Gasteiger partial charge in [-0.05, 0) is 18.4 Å². The van der Waals surface area contributed by atoms with Gasteiger partial charge in [0.25, 0.3) is 0 Å². The Morgan fingerprint density at radius 2 is 2.00 bits per heavy atom. The van der Waals surface area contributed by atoms with Crippen LogP contribution in [0, 0.1) is 5.92 Å². The molecule has 0 aliphatic heterocycles. The Morgan fingerprint density at radius 3 is 2.56 bits per heavy atom. The molecule has 16 heavy (non-hydrogen) atoms. The van der Waals surface area contributed by atoms with Crippen molar-refractivity contribution in [3.8, 4) is 0 Å². The van der Waals surface area contributed by atoms with E-state index in [1.54, 1.807) is 0 Å². The third-order valence-electron chi connectivity index (χ3n) is 2.88. The first-order valence-corrected chi connectivity index (χ1v) is 6.04. The second kappa shape index (κ2) is 7.18. The van der Waals surface area contributed by atoms with Gasteiger partial charge in [0.05, 0.1) is 0 Å². The maximum Gasteiger partial charge on any atom is 0.137 e. The van der Waals surface area contributed by atoms with Crippen molar-refractivity contribution in [2.24, 2.45) is 11.7 Å². The van der Waals surface area contributed by atoms with Crippen molar-refractivity contribution < 1.29 is 4.79 Å². The van der Waals surface area contributed by atoms with Crippen molar-refractivity contribution in [1.82, 2.24) is 0 Å². The lowest BCUT2D eigenvalue weighted by Crippen LogP contribution is -2.23. The minimum absolute atomic E-state index is 0.0636. The zero-order valence-electron chi connectivity index (χ0n) is 9.99. The molecule has 88 valence electrons. The number of benzene rings is 1. The molecule has 1 aromatic rings. The van der Waals surface area contributed by atoms with Crippen LogP contribution in [0.5, 0.6) is 0 Å². The smallest absolute Gasteiger partial charge is 0.137 e. The van der Waals surface area contributed by atoms with Crippen molar-refractivity contribution in [2.75, 3.05) is 6.54 Å². The molecule has 0 heterocycles. The zero-order chi connectivity index (χ0) is 11.8. The highest BCUT2D eigenvalue weighted by Gasteiger charge is 2.14. The molecule has 0 saturated carbocycles. The van der Waals surface area contributed by atoms with Crippen molar-refractivity contribution in [3.63, 3.8) is 0 Å². The Bertz CT molecular complexity index is 308. The van der Waals surface area contributed by atoms with Crippen LogP contribution < -0.4 is 5.73 Å². The van der Waals surface area contributed by atoms with Crippen LogP contribution in [0.1, 0.15) is 31.7 Å². The lowest BCUT2D eigenvalue weighted by atomic mass is 9.94. The molecule has 1 aromatic carbocycles. The number of aryl methyl sites for hydroxylation is 1. The quantitative estimate of drug-likeness (QED) is 0.766. The number of nitrogens with two attached hydrogens (primary N) is 1. The van der Waals surface area contributed by atoms with E-state index in [0.29, 0.717) is 18.7 Å². The maximum atomic E-state index is 11.9. The van der Waals surface area contributed by atoms with Crippen LogP contribution in [-0.4, -0.2) is 12.3 Å². The fourth-order valence-electron chi connectivity index (χ4n) is 1.88. The first-order chi connectivity index (χ1) is 7.77. The summed E-state index contributed by atoms with van der Waals surface area (Å²) in [5.74, 6) is 0.377. The van der Waals surface area contributed by atoms with Gasteiger partial charge in [-0.1, -0.05) is 43.7 Å². The maximum absolute atomic E-state index is 11.9. The average Bonchev–Trinajstić information content (AvgIpc) is 2.34. The number of hydrogen-bond donors (Lipinski definition) is 1. The first kappa shape index (κ1) is 12.9. The highest BCUT2D eigenvalue weighted by molar-refractivity contribution is 5.81. The van der Waals surface area contributed by atoms with Gasteiger partial charge in [-0.3, -0.25) is 4.79 Å². The molecule has 0 spiro atoms. The number of hydrogen-bond acceptors (Lipinski definition) is 2. The summed E-state index contributed by atoms with van der Waals surface area (Å²) in [5, 5.41) is 0. The minimum Gasteiger partial charge on any atom is -0.330 e. The van der Waals surface area contributed by atoms with E-state index in [4.69, 9.17) is 5.73 Å². The van der Waals surface area contributed by atoms with Crippen molar-refractivity contribution in [3.05, 3.63) is 35.9 Å². The molecule has 0 fully saturated rings. The van der Waals surface area contributed by atoms with Crippen LogP contribution in [0.2, 0.25) is 0 Å². The van der Waals surface area contributed by atoms with E-state index in [1.807, 2.05) is 18.2 Å². The van der Waals surface area contributed by atoms with E-state index in [-0.39, 0.29) is 5.92 Å². The fraction of sp³-hybridized carbons (Fsp3) is 0.500. The van der Waals surface area contributed by atoms with Crippen molar-refractivity contribution in [1.29, 1.82) is 0 Å². The number of carbonyl (C=O) groups excluding carboxylic acids is 1. The summed E-state index contributed by atoms with van der Waals surface area (Å²) in [5.41, 5.74) is 6.83. The Morgan fingerprint density at radius 1 is 1.31 bits per heavy atom. The van der Waals surface area contributed by atoms with E-state index >= 15 is 0 Å². The van der Waals surface area contributed by atoms with Gasteiger partial charge >= 0.3 is 0 Å². The van der Waals surface area contributed by atoms with Crippen LogP contribution in [0.3, 0.4) is 0 Å². The second-order valence-electron chi connectivity index (χ2n) is 4.17. The fourth-order valence-corrected chi connectivity index (χ4v) is 1.88. The van der Waals surface area contributed by atoms with E-state index in [0.717, 1.165) is 19.3 Å². The molecule has 0 amide bonds. The van der Waals surface area contributed by atoms with Crippen LogP contribution in [-0.2, 0) is 11.2 Å². The zero-order valence-corrected chi connectivity index (χ0v) is 9.99. The predicted molar refractivity (Wildman–Crippen MR) is 67.2 cm³/mol. The topological polar surface area (TPSA) is 43.1 Å². The molecule has 2 nitrogen and oxygen atoms in total. The Hall–Kier alpha value is -1.15. The summed E-state index contributed by atoms with van der Waals surface area (Å²) < 4.78 is 0. The van der Waals surface area contributed by atoms with E-state index in [1.165, 1.54) is 5.56 Å². The molecular formula is C14H21NO. The molecular weight excluding hydrogens is 198 g/mol. The second-order valence-corrected chi connectivity index (χ2v) is 4.17. The molecule has 0 aromatic heterocycles. The molecule has 1 unspecified atom stereocenters. The summed E-state index contributed by atoms with van der Waals surface area (Å²) in [6, 6.07) is 10.1. The van der Waals surface area contributed by atoms with Gasteiger partial charge in [-0.2, -0.15) is 0 Å². The molecule has 0 aliphatic rings. The summed E-state index contributed by atoms with van der Waals surface area (Å²) in [7, 11) is 0. The van der Waals surface area contributed by atoms with Crippen LogP contribution in [0.4, 0.5) is 0 Å². The minimum atomic E-state index is 0.0636. The van der Waals surface area contributed by atoms with E-state index in [9.17, 15) is 4.79 Å². The molecule has 0 aliphatic carbocycles. The monoisotopic (exact) mass is 219 g/mol. The first-order valence-electron chi connectivity index (χ1n) is 6.04. The van der Waals surface area contributed by atoms with Gasteiger partial charge < -0.3 is 5.73 Å². The number of Topliss-reactive ketones (excluding diaryl/α,β-unsaturated/α-hetero) is 1. The summed E-state index contributed by atoms with van der Waals surface area (Å²) in [4.78, 5) is 11.9. The molecule has 0 bridgehead atoms. The number of ketones is 1. The standard InChI is InChI=1S/C14H21NO/c1-2-6-13(11-15)14(16)10-9-12-7-4-3-5-8-12/h3-5,7-8,13H,2,6,9-11,15H2,1H3. The van der Waals surface area contributed by atoms with Gasteiger partial charge in [0, 0.05) is 18.9 Å². The Kier molecular flexibility index (Phi) is 5.79. The normalized spacial score (nSPS) is 12.4. The average molecular weight is 219 g/mol. The van der Waals surface area contributed by atoms with Gasteiger partial charge in [0.15, 0.2) is 0 Å².